The van der Waals surface area contributed by atoms with Crippen LogP contribution in [0.4, 0.5) is 0 Å². The summed E-state index contributed by atoms with van der Waals surface area (Å²) in [5.74, 6) is 2.58. The van der Waals surface area contributed by atoms with E-state index in [1.165, 1.54) is 0 Å². The summed E-state index contributed by atoms with van der Waals surface area (Å²) in [6, 6.07) is 1.57. The molecule has 1 aromatic rings. The Morgan fingerprint density at radius 2 is 2.56 bits per heavy atom. The molecule has 5 heteroatoms. The van der Waals surface area contributed by atoms with Gasteiger partial charge in [0.2, 0.25) is 0 Å². The van der Waals surface area contributed by atoms with E-state index in [4.69, 9.17) is 4.74 Å². The predicted octanol–water partition coefficient (Wildman–Crippen LogP) is 1.53. The molecule has 16 heavy (non-hydrogen) atoms. The maximum atomic E-state index is 11.5. The highest BCUT2D eigenvalue weighted by atomic mass is 32.2. The lowest BCUT2D eigenvalue weighted by Gasteiger charge is -2.21. The van der Waals surface area contributed by atoms with Crippen molar-refractivity contribution in [1.29, 1.82) is 0 Å². The molecule has 2 rings (SSSR count). The van der Waals surface area contributed by atoms with Crippen LogP contribution in [0.15, 0.2) is 10.9 Å². The van der Waals surface area contributed by atoms with Gasteiger partial charge in [0, 0.05) is 23.3 Å². The molecule has 4 nitrogen and oxygen atoms in total. The molecule has 0 radical (unpaired) electrons. The van der Waals surface area contributed by atoms with Crippen LogP contribution in [0.5, 0.6) is 0 Å². The summed E-state index contributed by atoms with van der Waals surface area (Å²) in [4.78, 5) is 18.7. The Balaban J connectivity index is 2.21. The third kappa shape index (κ3) is 2.86. The summed E-state index contributed by atoms with van der Waals surface area (Å²) in [5.41, 5.74) is 0.785. The zero-order valence-electron chi connectivity index (χ0n) is 9.36. The van der Waals surface area contributed by atoms with E-state index in [-0.39, 0.29) is 11.7 Å². The van der Waals surface area contributed by atoms with E-state index in [9.17, 15) is 4.79 Å². The highest BCUT2D eigenvalue weighted by Crippen LogP contribution is 2.23. The second kappa shape index (κ2) is 5.50. The van der Waals surface area contributed by atoms with Crippen molar-refractivity contribution in [2.24, 2.45) is 0 Å². The fourth-order valence-electron chi connectivity index (χ4n) is 1.71. The number of hydrogen-bond donors (Lipinski definition) is 1. The topological polar surface area (TPSA) is 55.0 Å². The third-order valence-electron chi connectivity index (χ3n) is 2.44. The SMILES string of the molecule is CCCc1cc(=O)[nH]c(C2CSCCO2)n1. The highest BCUT2D eigenvalue weighted by molar-refractivity contribution is 7.99. The van der Waals surface area contributed by atoms with E-state index < -0.39 is 0 Å². The molecule has 0 aromatic carbocycles. The average Bonchev–Trinajstić information content (AvgIpc) is 2.30. The number of nitrogens with zero attached hydrogens (tertiary/aromatic N) is 1. The van der Waals surface area contributed by atoms with Crippen LogP contribution < -0.4 is 5.56 Å². The molecular formula is C11H16N2O2S. The van der Waals surface area contributed by atoms with Gasteiger partial charge in [0.05, 0.1) is 6.61 Å². The van der Waals surface area contributed by atoms with Crippen LogP contribution in [0, 0.1) is 0 Å². The largest absolute Gasteiger partial charge is 0.369 e. The van der Waals surface area contributed by atoms with Gasteiger partial charge in [-0.25, -0.2) is 4.98 Å². The van der Waals surface area contributed by atoms with Crippen LogP contribution in [-0.2, 0) is 11.2 Å². The third-order valence-corrected chi connectivity index (χ3v) is 3.43. The molecule has 1 N–H and O–H groups in total. The summed E-state index contributed by atoms with van der Waals surface area (Å²) in [6.45, 7) is 2.81. The van der Waals surface area contributed by atoms with Gasteiger partial charge in [0.25, 0.3) is 5.56 Å². The smallest absolute Gasteiger partial charge is 0.251 e. The molecule has 0 saturated carbocycles. The van der Waals surface area contributed by atoms with Crippen molar-refractivity contribution in [3.63, 3.8) is 0 Å². The van der Waals surface area contributed by atoms with Crippen molar-refractivity contribution < 1.29 is 4.74 Å². The Labute approximate surface area is 98.8 Å². The number of rotatable bonds is 3. The first kappa shape index (κ1) is 11.7. The van der Waals surface area contributed by atoms with Gasteiger partial charge in [-0.2, -0.15) is 11.8 Å². The van der Waals surface area contributed by atoms with Crippen molar-refractivity contribution in [3.8, 4) is 0 Å². The van der Waals surface area contributed by atoms with Crippen LogP contribution >= 0.6 is 11.8 Å². The lowest BCUT2D eigenvalue weighted by atomic mass is 10.2. The number of aromatic nitrogens is 2. The number of ether oxygens (including phenoxy) is 1. The van der Waals surface area contributed by atoms with E-state index in [1.54, 1.807) is 6.07 Å². The number of hydrogen-bond acceptors (Lipinski definition) is 4. The summed E-state index contributed by atoms with van der Waals surface area (Å²) in [7, 11) is 0. The lowest BCUT2D eigenvalue weighted by molar-refractivity contribution is 0.0691. The Bertz CT molecular complexity index is 399. The number of nitrogens with one attached hydrogen (secondary N) is 1. The second-order valence-corrected chi connectivity index (χ2v) is 4.96. The molecule has 2 heterocycles. The van der Waals surface area contributed by atoms with Crippen LogP contribution in [-0.4, -0.2) is 28.1 Å². The van der Waals surface area contributed by atoms with Gasteiger partial charge in [-0.1, -0.05) is 13.3 Å². The molecule has 0 aliphatic carbocycles. The van der Waals surface area contributed by atoms with Crippen molar-refractivity contribution in [3.05, 3.63) is 27.9 Å². The zero-order chi connectivity index (χ0) is 11.4. The van der Waals surface area contributed by atoms with Crippen molar-refractivity contribution >= 4 is 11.8 Å². The molecule has 1 atom stereocenters. The van der Waals surface area contributed by atoms with Crippen LogP contribution in [0.3, 0.4) is 0 Å². The molecule has 1 fully saturated rings. The molecule has 88 valence electrons. The first-order valence-electron chi connectivity index (χ1n) is 5.59. The van der Waals surface area contributed by atoms with Gasteiger partial charge in [-0.3, -0.25) is 4.79 Å². The standard InChI is InChI=1S/C11H16N2O2S/c1-2-3-8-6-10(14)13-11(12-8)9-7-16-5-4-15-9/h6,9H,2-5,7H2,1H3,(H,12,13,14). The Morgan fingerprint density at radius 1 is 1.69 bits per heavy atom. The van der Waals surface area contributed by atoms with E-state index in [0.717, 1.165) is 36.6 Å². The van der Waals surface area contributed by atoms with Crippen molar-refractivity contribution in [1.82, 2.24) is 9.97 Å². The van der Waals surface area contributed by atoms with Gasteiger partial charge in [-0.05, 0) is 6.42 Å². The van der Waals surface area contributed by atoms with Gasteiger partial charge in [-0.15, -0.1) is 0 Å². The van der Waals surface area contributed by atoms with E-state index >= 15 is 0 Å². The molecule has 0 spiro atoms. The number of H-pyrrole nitrogens is 1. The van der Waals surface area contributed by atoms with E-state index in [1.807, 2.05) is 11.8 Å². The summed E-state index contributed by atoms with van der Waals surface area (Å²) < 4.78 is 5.60. The Kier molecular flexibility index (Phi) is 4.01. The summed E-state index contributed by atoms with van der Waals surface area (Å²) in [5, 5.41) is 0. The van der Waals surface area contributed by atoms with E-state index in [2.05, 4.69) is 16.9 Å². The molecular weight excluding hydrogens is 224 g/mol. The summed E-state index contributed by atoms with van der Waals surface area (Å²) >= 11 is 1.84. The van der Waals surface area contributed by atoms with Crippen molar-refractivity contribution in [2.75, 3.05) is 18.1 Å². The number of aromatic amines is 1. The van der Waals surface area contributed by atoms with Gasteiger partial charge in [0.1, 0.15) is 11.9 Å². The average molecular weight is 240 g/mol. The van der Waals surface area contributed by atoms with Gasteiger partial charge >= 0.3 is 0 Å². The molecule has 1 aliphatic heterocycles. The van der Waals surface area contributed by atoms with Crippen LogP contribution in [0.1, 0.15) is 31.0 Å². The van der Waals surface area contributed by atoms with Gasteiger partial charge < -0.3 is 9.72 Å². The molecule has 1 unspecified atom stereocenters. The number of aryl methyl sites for hydroxylation is 1. The first-order valence-corrected chi connectivity index (χ1v) is 6.74. The molecule has 1 aliphatic rings. The molecule has 1 saturated heterocycles. The Hall–Kier alpha value is -0.810. The fourth-order valence-corrected chi connectivity index (χ4v) is 2.56. The highest BCUT2D eigenvalue weighted by Gasteiger charge is 2.19. The minimum absolute atomic E-state index is 0.0525. The molecule has 0 amide bonds. The van der Waals surface area contributed by atoms with Crippen molar-refractivity contribution in [2.45, 2.75) is 25.9 Å². The van der Waals surface area contributed by atoms with Crippen LogP contribution in [0.25, 0.3) is 0 Å². The van der Waals surface area contributed by atoms with Crippen LogP contribution in [0.2, 0.25) is 0 Å². The molecule has 1 aromatic heterocycles. The summed E-state index contributed by atoms with van der Waals surface area (Å²) in [6.07, 6.45) is 1.79. The maximum absolute atomic E-state index is 11.5. The maximum Gasteiger partial charge on any atom is 0.251 e. The monoisotopic (exact) mass is 240 g/mol. The predicted molar refractivity (Wildman–Crippen MR) is 64.9 cm³/mol. The lowest BCUT2D eigenvalue weighted by Crippen LogP contribution is -2.22. The Morgan fingerprint density at radius 3 is 3.25 bits per heavy atom. The first-order chi connectivity index (χ1) is 7.79. The molecule has 0 bridgehead atoms. The number of thioether (sulfide) groups is 1. The quantitative estimate of drug-likeness (QED) is 0.870. The zero-order valence-corrected chi connectivity index (χ0v) is 10.2. The normalized spacial score (nSPS) is 20.9. The fraction of sp³-hybridized carbons (Fsp3) is 0.636. The minimum atomic E-state index is -0.0763. The minimum Gasteiger partial charge on any atom is -0.369 e. The van der Waals surface area contributed by atoms with E-state index in [0.29, 0.717) is 5.82 Å². The second-order valence-electron chi connectivity index (χ2n) is 3.81. The van der Waals surface area contributed by atoms with Gasteiger partial charge in [0.15, 0.2) is 0 Å².